The van der Waals surface area contributed by atoms with Gasteiger partial charge in [-0.3, -0.25) is 0 Å². The second kappa shape index (κ2) is 4.37. The van der Waals surface area contributed by atoms with Gasteiger partial charge < -0.3 is 5.73 Å². The molecule has 0 aromatic heterocycles. The van der Waals surface area contributed by atoms with Crippen molar-refractivity contribution in [2.24, 2.45) is 5.73 Å². The van der Waals surface area contributed by atoms with Crippen molar-refractivity contribution in [3.8, 4) is 0 Å². The van der Waals surface area contributed by atoms with E-state index < -0.39 is 35.8 Å². The van der Waals surface area contributed by atoms with Crippen molar-refractivity contribution in [1.29, 1.82) is 0 Å². The summed E-state index contributed by atoms with van der Waals surface area (Å²) in [6, 6.07) is 0.332. The van der Waals surface area contributed by atoms with Crippen molar-refractivity contribution < 1.29 is 22.0 Å². The fourth-order valence-electron chi connectivity index (χ4n) is 1.37. The molecule has 16 heavy (non-hydrogen) atoms. The van der Waals surface area contributed by atoms with Crippen molar-refractivity contribution in [2.75, 3.05) is 0 Å². The Morgan fingerprint density at radius 3 is 2.31 bits per heavy atom. The van der Waals surface area contributed by atoms with Gasteiger partial charge in [0, 0.05) is 11.6 Å². The lowest BCUT2D eigenvalue weighted by Crippen LogP contribution is -2.22. The molecular formula is C10H10F5N. The Balaban J connectivity index is 3.08. The van der Waals surface area contributed by atoms with Crippen LogP contribution in [0.1, 0.15) is 23.6 Å². The average molecular weight is 239 g/mol. The van der Waals surface area contributed by atoms with E-state index in [1.165, 1.54) is 6.92 Å². The zero-order valence-electron chi connectivity index (χ0n) is 8.41. The zero-order chi connectivity index (χ0) is 12.5. The Hall–Kier alpha value is -1.17. The smallest absolute Gasteiger partial charge is 0.323 e. The van der Waals surface area contributed by atoms with Crippen LogP contribution in [0.5, 0.6) is 0 Å². The summed E-state index contributed by atoms with van der Waals surface area (Å²) in [4.78, 5) is 0. The summed E-state index contributed by atoms with van der Waals surface area (Å²) in [7, 11) is 0. The Morgan fingerprint density at radius 2 is 1.81 bits per heavy atom. The maximum Gasteiger partial charge on any atom is 0.390 e. The van der Waals surface area contributed by atoms with Gasteiger partial charge in [-0.15, -0.1) is 0 Å². The minimum Gasteiger partial charge on any atom is -0.323 e. The molecule has 1 aromatic rings. The minimum absolute atomic E-state index is 0.0639. The molecule has 0 saturated heterocycles. The van der Waals surface area contributed by atoms with Crippen LogP contribution in [0, 0.1) is 18.6 Å². The number of nitrogens with two attached hydrogens (primary N) is 1. The molecular weight excluding hydrogens is 229 g/mol. The third-order valence-corrected chi connectivity index (χ3v) is 2.14. The summed E-state index contributed by atoms with van der Waals surface area (Å²) in [5.74, 6) is -2.07. The fraction of sp³-hybridized carbons (Fsp3) is 0.400. The summed E-state index contributed by atoms with van der Waals surface area (Å²) in [6.07, 6.45) is -6.01. The highest BCUT2D eigenvalue weighted by Gasteiger charge is 2.33. The molecule has 0 aliphatic carbocycles. The summed E-state index contributed by atoms with van der Waals surface area (Å²) in [5, 5.41) is 0. The second-order valence-electron chi connectivity index (χ2n) is 3.52. The molecule has 0 saturated carbocycles. The van der Waals surface area contributed by atoms with Crippen molar-refractivity contribution in [3.63, 3.8) is 0 Å². The molecule has 0 aliphatic rings. The highest BCUT2D eigenvalue weighted by molar-refractivity contribution is 5.29. The fourth-order valence-corrected chi connectivity index (χ4v) is 1.37. The van der Waals surface area contributed by atoms with E-state index in [0.29, 0.717) is 0 Å². The zero-order valence-corrected chi connectivity index (χ0v) is 8.41. The maximum absolute atomic E-state index is 13.4. The Labute approximate surface area is 89.1 Å². The van der Waals surface area contributed by atoms with Crippen LogP contribution in [0.3, 0.4) is 0 Å². The number of alkyl halides is 3. The minimum atomic E-state index is -4.55. The SMILES string of the molecule is Cc1ccc(F)c(C(N)CC(F)(F)F)c1F. The molecule has 0 radical (unpaired) electrons. The van der Waals surface area contributed by atoms with Gasteiger partial charge in [0.05, 0.1) is 6.42 Å². The first-order valence-corrected chi connectivity index (χ1v) is 4.49. The first kappa shape index (κ1) is 12.9. The lowest BCUT2D eigenvalue weighted by molar-refractivity contribution is -0.138. The number of hydrogen-bond acceptors (Lipinski definition) is 1. The van der Waals surface area contributed by atoms with Crippen molar-refractivity contribution in [1.82, 2.24) is 0 Å². The molecule has 1 nitrogen and oxygen atoms in total. The lowest BCUT2D eigenvalue weighted by Gasteiger charge is -2.16. The number of rotatable bonds is 2. The number of benzene rings is 1. The van der Waals surface area contributed by atoms with Crippen molar-refractivity contribution in [2.45, 2.75) is 25.6 Å². The topological polar surface area (TPSA) is 26.0 Å². The second-order valence-corrected chi connectivity index (χ2v) is 3.52. The molecule has 1 unspecified atom stereocenters. The van der Waals surface area contributed by atoms with Crippen molar-refractivity contribution >= 4 is 0 Å². The summed E-state index contributed by atoms with van der Waals surface area (Å²) < 4.78 is 62.7. The van der Waals surface area contributed by atoms with Crippen LogP contribution in [0.15, 0.2) is 12.1 Å². The molecule has 0 amide bonds. The van der Waals surface area contributed by atoms with Gasteiger partial charge in [-0.1, -0.05) is 6.07 Å². The van der Waals surface area contributed by atoms with E-state index in [9.17, 15) is 22.0 Å². The Kier molecular flexibility index (Phi) is 3.52. The number of halogens is 5. The van der Waals surface area contributed by atoms with E-state index in [0.717, 1.165) is 12.1 Å². The molecule has 1 aromatic carbocycles. The summed E-state index contributed by atoms with van der Waals surface area (Å²) in [6.45, 7) is 1.33. The van der Waals surface area contributed by atoms with E-state index in [2.05, 4.69) is 0 Å². The monoisotopic (exact) mass is 239 g/mol. The van der Waals surface area contributed by atoms with Crippen LogP contribution in [-0.4, -0.2) is 6.18 Å². The van der Waals surface area contributed by atoms with E-state index >= 15 is 0 Å². The van der Waals surface area contributed by atoms with Crippen LogP contribution in [-0.2, 0) is 0 Å². The van der Waals surface area contributed by atoms with E-state index in [4.69, 9.17) is 5.73 Å². The Morgan fingerprint density at radius 1 is 1.25 bits per heavy atom. The highest BCUT2D eigenvalue weighted by Crippen LogP contribution is 2.31. The normalized spacial score (nSPS) is 13.9. The molecule has 90 valence electrons. The molecule has 0 spiro atoms. The maximum atomic E-state index is 13.4. The van der Waals surface area contributed by atoms with E-state index in [1.807, 2.05) is 0 Å². The van der Waals surface area contributed by atoms with Crippen LogP contribution < -0.4 is 5.73 Å². The van der Waals surface area contributed by atoms with Gasteiger partial charge in [-0.05, 0) is 18.6 Å². The van der Waals surface area contributed by atoms with Gasteiger partial charge >= 0.3 is 6.18 Å². The first-order valence-electron chi connectivity index (χ1n) is 4.49. The highest BCUT2D eigenvalue weighted by atomic mass is 19.4. The molecule has 0 fully saturated rings. The molecule has 0 aliphatic heterocycles. The molecule has 0 heterocycles. The largest absolute Gasteiger partial charge is 0.390 e. The predicted molar refractivity (Wildman–Crippen MR) is 48.7 cm³/mol. The van der Waals surface area contributed by atoms with Gasteiger partial charge in [-0.2, -0.15) is 13.2 Å². The van der Waals surface area contributed by atoms with Gasteiger partial charge in [0.1, 0.15) is 11.6 Å². The van der Waals surface area contributed by atoms with Gasteiger partial charge in [-0.25, -0.2) is 8.78 Å². The third kappa shape index (κ3) is 2.91. The standard InChI is InChI=1S/C10H10F5N/c1-5-2-3-6(11)8(9(5)12)7(16)4-10(13,14)15/h2-3,7H,4,16H2,1H3. The van der Waals surface area contributed by atoms with Gasteiger partial charge in [0.25, 0.3) is 0 Å². The molecule has 2 N–H and O–H groups in total. The predicted octanol–water partition coefficient (Wildman–Crippen LogP) is 3.23. The van der Waals surface area contributed by atoms with E-state index in [1.54, 1.807) is 0 Å². The van der Waals surface area contributed by atoms with E-state index in [-0.39, 0.29) is 5.56 Å². The van der Waals surface area contributed by atoms with Crippen LogP contribution in [0.2, 0.25) is 0 Å². The molecule has 1 atom stereocenters. The number of hydrogen-bond donors (Lipinski definition) is 1. The van der Waals surface area contributed by atoms with Crippen LogP contribution >= 0.6 is 0 Å². The first-order chi connectivity index (χ1) is 7.22. The van der Waals surface area contributed by atoms with Gasteiger partial charge in [0.2, 0.25) is 0 Å². The van der Waals surface area contributed by atoms with Crippen LogP contribution in [0.25, 0.3) is 0 Å². The molecule has 1 rings (SSSR count). The third-order valence-electron chi connectivity index (χ3n) is 2.14. The summed E-state index contributed by atoms with van der Waals surface area (Å²) in [5.41, 5.74) is 4.50. The van der Waals surface area contributed by atoms with Gasteiger partial charge in [0.15, 0.2) is 0 Å². The quantitative estimate of drug-likeness (QED) is 0.788. The molecule has 0 bridgehead atoms. The number of aryl methyl sites for hydroxylation is 1. The lowest BCUT2D eigenvalue weighted by atomic mass is 10.0. The van der Waals surface area contributed by atoms with Crippen LogP contribution in [0.4, 0.5) is 22.0 Å². The molecule has 6 heteroatoms. The van der Waals surface area contributed by atoms with Crippen molar-refractivity contribution in [3.05, 3.63) is 34.9 Å². The average Bonchev–Trinajstić information content (AvgIpc) is 2.09. The Bertz CT molecular complexity index is 386. The summed E-state index contributed by atoms with van der Waals surface area (Å²) >= 11 is 0.